The predicted octanol–water partition coefficient (Wildman–Crippen LogP) is 1.68. The average Bonchev–Trinajstić information content (AvgIpc) is 1.98. The van der Waals surface area contributed by atoms with Crippen LogP contribution < -0.4 is 10.8 Å². The van der Waals surface area contributed by atoms with Crippen LogP contribution in [0.4, 0.5) is 0 Å². The second-order valence-electron chi connectivity index (χ2n) is 5.05. The molecule has 3 nitrogen and oxygen atoms in total. The lowest BCUT2D eigenvalue weighted by molar-refractivity contribution is -0.0278. The van der Waals surface area contributed by atoms with Crippen molar-refractivity contribution in [3.63, 3.8) is 0 Å². The highest BCUT2D eigenvalue weighted by atomic mass is 31.0. The Balaban J connectivity index is 3.65. The van der Waals surface area contributed by atoms with E-state index in [0.717, 1.165) is 26.0 Å². The summed E-state index contributed by atoms with van der Waals surface area (Å²) in [6, 6.07) is 0. The molecular weight excluding hydrogens is 195 g/mol. The fourth-order valence-electron chi connectivity index (χ4n) is 1.04. The van der Waals surface area contributed by atoms with Crippen LogP contribution in [0.2, 0.25) is 0 Å². The van der Waals surface area contributed by atoms with Gasteiger partial charge in [0.25, 0.3) is 0 Å². The summed E-state index contributed by atoms with van der Waals surface area (Å²) in [4.78, 5) is 0. The van der Waals surface area contributed by atoms with E-state index in [1.807, 2.05) is 13.8 Å². The molecule has 0 aromatic rings. The van der Waals surface area contributed by atoms with Crippen LogP contribution >= 0.6 is 9.39 Å². The molecule has 0 aliphatic carbocycles. The molecule has 1 unspecified atom stereocenters. The van der Waals surface area contributed by atoms with Gasteiger partial charge in [-0.2, -0.15) is 0 Å². The second kappa shape index (κ2) is 6.02. The van der Waals surface area contributed by atoms with E-state index in [4.69, 9.17) is 10.5 Å². The summed E-state index contributed by atoms with van der Waals surface area (Å²) in [7, 11) is 2.50. The first-order valence-electron chi connectivity index (χ1n) is 5.13. The fraction of sp³-hybridized carbons (Fsp3) is 1.00. The minimum absolute atomic E-state index is 0.0607. The second-order valence-corrected chi connectivity index (χ2v) is 5.46. The molecule has 0 aliphatic heterocycles. The van der Waals surface area contributed by atoms with E-state index >= 15 is 0 Å². The molecule has 14 heavy (non-hydrogen) atoms. The average molecular weight is 220 g/mol. The highest BCUT2D eigenvalue weighted by Crippen LogP contribution is 2.15. The van der Waals surface area contributed by atoms with Gasteiger partial charge in [-0.1, -0.05) is 9.39 Å². The van der Waals surface area contributed by atoms with Gasteiger partial charge in [0, 0.05) is 18.7 Å². The van der Waals surface area contributed by atoms with Gasteiger partial charge in [-0.05, 0) is 40.5 Å². The smallest absolute Gasteiger partial charge is 0.0638 e. The van der Waals surface area contributed by atoms with Crippen LogP contribution in [0.3, 0.4) is 0 Å². The van der Waals surface area contributed by atoms with Crippen molar-refractivity contribution in [2.75, 3.05) is 13.2 Å². The van der Waals surface area contributed by atoms with E-state index in [-0.39, 0.29) is 11.1 Å². The number of hydrogen-bond donors (Lipinski definition) is 2. The van der Waals surface area contributed by atoms with Crippen LogP contribution in [0.1, 0.15) is 40.5 Å². The molecule has 0 amide bonds. The zero-order chi connectivity index (χ0) is 11.2. The van der Waals surface area contributed by atoms with Crippen LogP contribution in [-0.2, 0) is 4.74 Å². The number of nitrogens with one attached hydrogen (secondary N) is 1. The van der Waals surface area contributed by atoms with Gasteiger partial charge < -0.3 is 15.6 Å². The van der Waals surface area contributed by atoms with Gasteiger partial charge in [0.15, 0.2) is 0 Å². The van der Waals surface area contributed by atoms with Gasteiger partial charge in [-0.15, -0.1) is 0 Å². The highest BCUT2D eigenvalue weighted by molar-refractivity contribution is 7.13. The topological polar surface area (TPSA) is 47.3 Å². The maximum atomic E-state index is 5.87. The minimum Gasteiger partial charge on any atom is -0.375 e. The number of hydrogen-bond acceptors (Lipinski definition) is 3. The highest BCUT2D eigenvalue weighted by Gasteiger charge is 2.19. The first-order chi connectivity index (χ1) is 6.27. The molecule has 3 N–H and O–H groups in total. The van der Waals surface area contributed by atoms with Crippen molar-refractivity contribution >= 4 is 9.39 Å². The molecule has 0 saturated carbocycles. The number of nitrogens with two attached hydrogens (primary N) is 1. The quantitative estimate of drug-likeness (QED) is 0.642. The SMILES string of the molecule is CC(C)(N)CCOC(C)(C)CCNP. The molecule has 0 aromatic heterocycles. The third-order valence-corrected chi connectivity index (χ3v) is 2.40. The maximum absolute atomic E-state index is 5.87. The Bertz CT molecular complexity index is 155. The number of ether oxygens (including phenoxy) is 1. The molecule has 0 radical (unpaired) electrons. The van der Waals surface area contributed by atoms with Crippen molar-refractivity contribution < 1.29 is 4.74 Å². The zero-order valence-electron chi connectivity index (χ0n) is 9.89. The van der Waals surface area contributed by atoms with E-state index in [0.29, 0.717) is 0 Å². The summed E-state index contributed by atoms with van der Waals surface area (Å²) in [5, 5.41) is 3.04. The molecule has 0 fully saturated rings. The Morgan fingerprint density at radius 2 is 1.79 bits per heavy atom. The van der Waals surface area contributed by atoms with Crippen molar-refractivity contribution in [3.05, 3.63) is 0 Å². The predicted molar refractivity (Wildman–Crippen MR) is 65.2 cm³/mol. The lowest BCUT2D eigenvalue weighted by atomic mass is 10.0. The lowest BCUT2D eigenvalue weighted by Gasteiger charge is -2.27. The van der Waals surface area contributed by atoms with Crippen molar-refractivity contribution in [1.82, 2.24) is 5.09 Å². The summed E-state index contributed by atoms with van der Waals surface area (Å²) >= 11 is 0. The largest absolute Gasteiger partial charge is 0.375 e. The van der Waals surface area contributed by atoms with Gasteiger partial charge >= 0.3 is 0 Å². The first kappa shape index (κ1) is 14.3. The third-order valence-electron chi connectivity index (χ3n) is 2.11. The van der Waals surface area contributed by atoms with Crippen LogP contribution in [0, 0.1) is 0 Å². The molecule has 0 rings (SSSR count). The minimum atomic E-state index is -0.130. The monoisotopic (exact) mass is 220 g/mol. The van der Waals surface area contributed by atoms with Crippen molar-refractivity contribution in [1.29, 1.82) is 0 Å². The Labute approximate surface area is 90.4 Å². The van der Waals surface area contributed by atoms with E-state index in [1.165, 1.54) is 0 Å². The normalized spacial score (nSPS) is 13.3. The van der Waals surface area contributed by atoms with Gasteiger partial charge in [0.2, 0.25) is 0 Å². The molecule has 0 spiro atoms. The van der Waals surface area contributed by atoms with E-state index < -0.39 is 0 Å². The molecule has 0 heterocycles. The van der Waals surface area contributed by atoms with Crippen LogP contribution in [0.15, 0.2) is 0 Å². The zero-order valence-corrected chi connectivity index (χ0v) is 11.0. The molecule has 4 heteroatoms. The summed E-state index contributed by atoms with van der Waals surface area (Å²) < 4.78 is 5.78. The van der Waals surface area contributed by atoms with Gasteiger partial charge in [0.1, 0.15) is 0 Å². The molecule has 86 valence electrons. The van der Waals surface area contributed by atoms with Crippen LogP contribution in [0.5, 0.6) is 0 Å². The Morgan fingerprint density at radius 3 is 2.21 bits per heavy atom. The first-order valence-corrected chi connectivity index (χ1v) is 5.71. The van der Waals surface area contributed by atoms with E-state index in [1.54, 1.807) is 0 Å². The molecule has 0 aliphatic rings. The van der Waals surface area contributed by atoms with Crippen molar-refractivity contribution in [2.45, 2.75) is 51.7 Å². The van der Waals surface area contributed by atoms with E-state index in [2.05, 4.69) is 28.3 Å². The molecule has 0 aromatic carbocycles. The van der Waals surface area contributed by atoms with Crippen molar-refractivity contribution in [2.24, 2.45) is 5.73 Å². The van der Waals surface area contributed by atoms with Crippen LogP contribution in [-0.4, -0.2) is 24.3 Å². The molecule has 1 atom stereocenters. The fourth-order valence-corrected chi connectivity index (χ4v) is 1.18. The standard InChI is InChI=1S/C10H25N2OP/c1-9(2,11)6-8-13-10(3,4)5-7-12-14/h12H,5-8,11,14H2,1-4H3. The Kier molecular flexibility index (Phi) is 6.15. The van der Waals surface area contributed by atoms with Gasteiger partial charge in [-0.3, -0.25) is 0 Å². The Morgan fingerprint density at radius 1 is 1.21 bits per heavy atom. The van der Waals surface area contributed by atoms with Gasteiger partial charge in [-0.25, -0.2) is 0 Å². The maximum Gasteiger partial charge on any atom is 0.0638 e. The summed E-state index contributed by atoms with van der Waals surface area (Å²) in [6.07, 6.45) is 1.90. The number of rotatable bonds is 7. The summed E-state index contributed by atoms with van der Waals surface area (Å²) in [5.41, 5.74) is 5.68. The Hall–Kier alpha value is 0.310. The van der Waals surface area contributed by atoms with Crippen LogP contribution in [0.25, 0.3) is 0 Å². The van der Waals surface area contributed by atoms with Gasteiger partial charge in [0.05, 0.1) is 5.60 Å². The molecule has 0 bridgehead atoms. The van der Waals surface area contributed by atoms with E-state index in [9.17, 15) is 0 Å². The van der Waals surface area contributed by atoms with Crippen molar-refractivity contribution in [3.8, 4) is 0 Å². The lowest BCUT2D eigenvalue weighted by Crippen LogP contribution is -2.36. The summed E-state index contributed by atoms with van der Waals surface area (Å²) in [6.45, 7) is 9.94. The summed E-state index contributed by atoms with van der Waals surface area (Å²) in [5.74, 6) is 0. The third kappa shape index (κ3) is 8.89. The molecule has 0 saturated heterocycles. The molecular formula is C10H25N2OP.